The molecule has 0 aliphatic heterocycles. The first-order valence-electron chi connectivity index (χ1n) is 8.81. The van der Waals surface area contributed by atoms with E-state index in [0.29, 0.717) is 11.5 Å². The van der Waals surface area contributed by atoms with Gasteiger partial charge in [-0.15, -0.1) is 11.3 Å². The summed E-state index contributed by atoms with van der Waals surface area (Å²) in [6.07, 6.45) is 1.09. The van der Waals surface area contributed by atoms with Gasteiger partial charge in [0.1, 0.15) is 6.54 Å². The molecule has 0 saturated heterocycles. The second-order valence-electron chi connectivity index (χ2n) is 6.75. The van der Waals surface area contributed by atoms with Crippen LogP contribution < -0.4 is 4.31 Å². The number of sulfonamides is 1. The standard InChI is InChI=1S/C19H22N4O4S2/c1-13-7-5-8-14(2)18(13)23(29(4,25)26)12-17(24)22(3)11-16-20-19(21-27-16)15-9-6-10-28-15/h5-10H,11-12H2,1-4H3. The number of thiophene rings is 1. The van der Waals surface area contributed by atoms with Crippen LogP contribution in [0.15, 0.2) is 40.2 Å². The van der Waals surface area contributed by atoms with E-state index in [1.807, 2.05) is 49.6 Å². The van der Waals surface area contributed by atoms with Crippen LogP contribution in [0.5, 0.6) is 0 Å². The average molecular weight is 435 g/mol. The van der Waals surface area contributed by atoms with Crippen LogP contribution in [0.2, 0.25) is 0 Å². The maximum atomic E-state index is 12.8. The zero-order valence-corrected chi connectivity index (χ0v) is 18.2. The number of carbonyl (C=O) groups is 1. The Morgan fingerprint density at radius 1 is 1.17 bits per heavy atom. The number of aryl methyl sites for hydroxylation is 2. The lowest BCUT2D eigenvalue weighted by Crippen LogP contribution is -2.41. The van der Waals surface area contributed by atoms with Crippen molar-refractivity contribution in [2.45, 2.75) is 20.4 Å². The molecule has 154 valence electrons. The van der Waals surface area contributed by atoms with Crippen LogP contribution in [-0.4, -0.2) is 49.2 Å². The van der Waals surface area contributed by atoms with Crippen LogP contribution in [0, 0.1) is 13.8 Å². The summed E-state index contributed by atoms with van der Waals surface area (Å²) in [6.45, 7) is 3.41. The third-order valence-corrected chi connectivity index (χ3v) is 6.35. The summed E-state index contributed by atoms with van der Waals surface area (Å²) in [6, 6.07) is 9.25. The van der Waals surface area contributed by atoms with Gasteiger partial charge in [-0.1, -0.05) is 29.4 Å². The van der Waals surface area contributed by atoms with Gasteiger partial charge in [-0.05, 0) is 36.4 Å². The van der Waals surface area contributed by atoms with Gasteiger partial charge in [-0.2, -0.15) is 4.98 Å². The normalized spacial score (nSPS) is 11.4. The zero-order valence-electron chi connectivity index (χ0n) is 16.6. The van der Waals surface area contributed by atoms with Crippen molar-refractivity contribution in [3.05, 3.63) is 52.7 Å². The maximum absolute atomic E-state index is 12.8. The van der Waals surface area contributed by atoms with Crippen LogP contribution in [0.1, 0.15) is 17.0 Å². The molecular formula is C19H22N4O4S2. The molecule has 8 nitrogen and oxygen atoms in total. The lowest BCUT2D eigenvalue weighted by Gasteiger charge is -2.27. The van der Waals surface area contributed by atoms with E-state index in [1.54, 1.807) is 7.05 Å². The number of hydrogen-bond donors (Lipinski definition) is 0. The predicted octanol–water partition coefficient (Wildman–Crippen LogP) is 2.84. The molecule has 0 aliphatic carbocycles. The molecule has 0 spiro atoms. The first-order chi connectivity index (χ1) is 13.7. The first-order valence-corrected chi connectivity index (χ1v) is 11.5. The van der Waals surface area contributed by atoms with E-state index in [4.69, 9.17) is 4.52 Å². The summed E-state index contributed by atoms with van der Waals surface area (Å²) in [5, 5.41) is 5.83. The highest BCUT2D eigenvalue weighted by molar-refractivity contribution is 7.92. The fourth-order valence-corrected chi connectivity index (χ4v) is 4.53. The van der Waals surface area contributed by atoms with Crippen molar-refractivity contribution in [3.63, 3.8) is 0 Å². The molecule has 10 heteroatoms. The van der Waals surface area contributed by atoms with Gasteiger partial charge in [-0.25, -0.2) is 8.42 Å². The number of rotatable bonds is 7. The van der Waals surface area contributed by atoms with E-state index in [9.17, 15) is 13.2 Å². The van der Waals surface area contributed by atoms with Crippen molar-refractivity contribution in [3.8, 4) is 10.7 Å². The number of nitrogens with zero attached hydrogens (tertiary/aromatic N) is 4. The number of hydrogen-bond acceptors (Lipinski definition) is 7. The number of amides is 1. The lowest BCUT2D eigenvalue weighted by atomic mass is 10.1. The smallest absolute Gasteiger partial charge is 0.246 e. The minimum absolute atomic E-state index is 0.0849. The second kappa shape index (κ2) is 8.34. The summed E-state index contributed by atoms with van der Waals surface area (Å²) in [4.78, 5) is 19.3. The molecule has 2 heterocycles. The zero-order chi connectivity index (χ0) is 21.2. The number of carbonyl (C=O) groups excluding carboxylic acids is 1. The fraction of sp³-hybridized carbons (Fsp3) is 0.316. The molecule has 0 fully saturated rings. The number of likely N-dealkylation sites (N-methyl/N-ethyl adjacent to an activating group) is 1. The van der Waals surface area contributed by atoms with Crippen LogP contribution >= 0.6 is 11.3 Å². The Hall–Kier alpha value is -2.72. The highest BCUT2D eigenvalue weighted by Crippen LogP contribution is 2.27. The van der Waals surface area contributed by atoms with Gasteiger partial charge in [0.25, 0.3) is 0 Å². The molecule has 0 unspecified atom stereocenters. The number of para-hydroxylation sites is 1. The molecule has 0 N–H and O–H groups in total. The summed E-state index contributed by atoms with van der Waals surface area (Å²) in [5.74, 6) is 0.361. The molecule has 29 heavy (non-hydrogen) atoms. The van der Waals surface area contributed by atoms with E-state index in [2.05, 4.69) is 10.1 Å². The van der Waals surface area contributed by atoms with Crippen LogP contribution in [-0.2, 0) is 21.4 Å². The van der Waals surface area contributed by atoms with E-state index in [0.717, 1.165) is 26.6 Å². The highest BCUT2D eigenvalue weighted by Gasteiger charge is 2.26. The fourth-order valence-electron chi connectivity index (χ4n) is 2.92. The van der Waals surface area contributed by atoms with Crippen molar-refractivity contribution in [1.82, 2.24) is 15.0 Å². The van der Waals surface area contributed by atoms with Crippen molar-refractivity contribution < 1.29 is 17.7 Å². The Bertz CT molecular complexity index is 1090. The lowest BCUT2D eigenvalue weighted by molar-refractivity contribution is -0.129. The molecule has 2 aromatic heterocycles. The first kappa shape index (κ1) is 21.0. The van der Waals surface area contributed by atoms with Gasteiger partial charge in [0.05, 0.1) is 23.4 Å². The highest BCUT2D eigenvalue weighted by atomic mass is 32.2. The van der Waals surface area contributed by atoms with E-state index in [1.165, 1.54) is 16.2 Å². The third-order valence-electron chi connectivity index (χ3n) is 4.38. The predicted molar refractivity (Wildman–Crippen MR) is 112 cm³/mol. The number of anilines is 1. The monoisotopic (exact) mass is 434 g/mol. The summed E-state index contributed by atoms with van der Waals surface area (Å²) < 4.78 is 31.2. The minimum atomic E-state index is -3.65. The Morgan fingerprint density at radius 2 is 1.86 bits per heavy atom. The minimum Gasteiger partial charge on any atom is -0.337 e. The SMILES string of the molecule is Cc1cccc(C)c1N(CC(=O)N(C)Cc1nc(-c2cccs2)no1)S(C)(=O)=O. The molecule has 0 saturated carbocycles. The van der Waals surface area contributed by atoms with Crippen molar-refractivity contribution in [2.75, 3.05) is 24.2 Å². The Kier molecular flexibility index (Phi) is 6.04. The molecule has 1 aromatic carbocycles. The summed E-state index contributed by atoms with van der Waals surface area (Å²) in [5.41, 5.74) is 2.08. The quantitative estimate of drug-likeness (QED) is 0.567. The second-order valence-corrected chi connectivity index (χ2v) is 9.60. The van der Waals surface area contributed by atoms with E-state index >= 15 is 0 Å². The van der Waals surface area contributed by atoms with Gasteiger partial charge in [0.2, 0.25) is 27.6 Å². The average Bonchev–Trinajstić information content (AvgIpc) is 3.31. The van der Waals surface area contributed by atoms with Gasteiger partial charge in [0, 0.05) is 7.05 Å². The molecule has 0 aliphatic rings. The van der Waals surface area contributed by atoms with Gasteiger partial charge >= 0.3 is 0 Å². The van der Waals surface area contributed by atoms with Gasteiger partial charge < -0.3 is 9.42 Å². The largest absolute Gasteiger partial charge is 0.337 e. The Balaban J connectivity index is 1.76. The topological polar surface area (TPSA) is 96.6 Å². The van der Waals surface area contributed by atoms with Gasteiger partial charge in [-0.3, -0.25) is 9.10 Å². The molecule has 1 amide bonds. The van der Waals surface area contributed by atoms with Crippen LogP contribution in [0.25, 0.3) is 10.7 Å². The molecule has 0 atom stereocenters. The Morgan fingerprint density at radius 3 is 2.45 bits per heavy atom. The molecule has 3 rings (SSSR count). The molecule has 0 radical (unpaired) electrons. The van der Waals surface area contributed by atoms with Crippen molar-refractivity contribution in [2.24, 2.45) is 0 Å². The van der Waals surface area contributed by atoms with Gasteiger partial charge in [0.15, 0.2) is 0 Å². The molecule has 3 aromatic rings. The van der Waals surface area contributed by atoms with E-state index < -0.39 is 10.0 Å². The Labute approximate surface area is 173 Å². The maximum Gasteiger partial charge on any atom is 0.246 e. The summed E-state index contributed by atoms with van der Waals surface area (Å²) in [7, 11) is -2.08. The summed E-state index contributed by atoms with van der Waals surface area (Å²) >= 11 is 1.49. The molecular weight excluding hydrogens is 412 g/mol. The van der Waals surface area contributed by atoms with Crippen molar-refractivity contribution in [1.29, 1.82) is 0 Å². The number of benzene rings is 1. The number of aromatic nitrogens is 2. The van der Waals surface area contributed by atoms with Crippen molar-refractivity contribution >= 4 is 33.0 Å². The van der Waals surface area contributed by atoms with Crippen LogP contribution in [0.3, 0.4) is 0 Å². The van der Waals surface area contributed by atoms with E-state index in [-0.39, 0.29) is 24.9 Å². The molecule has 0 bridgehead atoms. The van der Waals surface area contributed by atoms with Crippen LogP contribution in [0.4, 0.5) is 5.69 Å². The third kappa shape index (κ3) is 4.83.